The molecule has 1 aliphatic carbocycles. The Bertz CT molecular complexity index is 254. The van der Waals surface area contributed by atoms with Gasteiger partial charge in [0, 0.05) is 19.0 Å². The predicted octanol–water partition coefficient (Wildman–Crippen LogP) is -0.528. The van der Waals surface area contributed by atoms with Crippen LogP contribution in [-0.4, -0.2) is 48.3 Å². The lowest BCUT2D eigenvalue weighted by Crippen LogP contribution is -2.32. The van der Waals surface area contributed by atoms with Crippen molar-refractivity contribution in [3.63, 3.8) is 0 Å². The Morgan fingerprint density at radius 2 is 2.07 bits per heavy atom. The molecule has 3 fully saturated rings. The van der Waals surface area contributed by atoms with Crippen molar-refractivity contribution in [3.05, 3.63) is 0 Å². The van der Waals surface area contributed by atoms with E-state index in [9.17, 15) is 9.90 Å². The average molecular weight is 197 g/mol. The zero-order valence-electron chi connectivity index (χ0n) is 8.06. The van der Waals surface area contributed by atoms with Gasteiger partial charge in [0.1, 0.15) is 0 Å². The van der Waals surface area contributed by atoms with E-state index in [0.29, 0.717) is 18.4 Å². The highest BCUT2D eigenvalue weighted by atomic mass is 16.5. The fraction of sp³-hybridized carbons (Fsp3) is 0.900. The van der Waals surface area contributed by atoms with E-state index in [4.69, 9.17) is 4.74 Å². The summed E-state index contributed by atoms with van der Waals surface area (Å²) in [4.78, 5) is 13.7. The van der Waals surface area contributed by atoms with Crippen LogP contribution in [0.1, 0.15) is 6.42 Å². The highest BCUT2D eigenvalue weighted by Gasteiger charge is 2.59. The molecule has 1 amide bonds. The molecule has 14 heavy (non-hydrogen) atoms. The standard InChI is InChI=1S/C10H15NO3/c12-6-1-2-11(3-6)10(13)9-7-4-14-5-8(7)9/h6-9,12H,1-5H2. The molecule has 3 aliphatic rings. The van der Waals surface area contributed by atoms with Gasteiger partial charge in [-0.2, -0.15) is 0 Å². The first-order valence-electron chi connectivity index (χ1n) is 5.32. The summed E-state index contributed by atoms with van der Waals surface area (Å²) in [5.74, 6) is 1.44. The molecule has 4 heteroatoms. The van der Waals surface area contributed by atoms with Gasteiger partial charge in [-0.1, -0.05) is 0 Å². The third kappa shape index (κ3) is 1.17. The number of β-amino-alcohol motifs (C(OH)–C–C–N with tert-alkyl or cyclic N) is 1. The maximum absolute atomic E-state index is 11.9. The van der Waals surface area contributed by atoms with Crippen LogP contribution in [0.5, 0.6) is 0 Å². The number of hydrogen-bond donors (Lipinski definition) is 1. The van der Waals surface area contributed by atoms with Gasteiger partial charge in [-0.05, 0) is 18.3 Å². The van der Waals surface area contributed by atoms with E-state index in [-0.39, 0.29) is 17.9 Å². The van der Waals surface area contributed by atoms with Gasteiger partial charge < -0.3 is 14.7 Å². The number of ether oxygens (including phenoxy) is 1. The lowest BCUT2D eigenvalue weighted by Gasteiger charge is -2.16. The van der Waals surface area contributed by atoms with Crippen molar-refractivity contribution in [1.82, 2.24) is 4.90 Å². The Morgan fingerprint density at radius 3 is 2.64 bits per heavy atom. The van der Waals surface area contributed by atoms with Crippen LogP contribution in [0.2, 0.25) is 0 Å². The molecule has 0 spiro atoms. The summed E-state index contributed by atoms with van der Waals surface area (Å²) >= 11 is 0. The van der Waals surface area contributed by atoms with Crippen LogP contribution in [0.15, 0.2) is 0 Å². The molecular weight excluding hydrogens is 182 g/mol. The fourth-order valence-corrected chi connectivity index (χ4v) is 2.76. The van der Waals surface area contributed by atoms with Gasteiger partial charge in [0.2, 0.25) is 5.91 Å². The van der Waals surface area contributed by atoms with Gasteiger partial charge in [-0.3, -0.25) is 4.79 Å². The number of likely N-dealkylation sites (tertiary alicyclic amines) is 1. The number of carbonyl (C=O) groups is 1. The molecular formula is C10H15NO3. The van der Waals surface area contributed by atoms with Gasteiger partial charge in [0.25, 0.3) is 0 Å². The molecule has 0 aromatic heterocycles. The van der Waals surface area contributed by atoms with Gasteiger partial charge in [0.05, 0.1) is 19.3 Å². The molecule has 0 bridgehead atoms. The van der Waals surface area contributed by atoms with Crippen molar-refractivity contribution in [2.45, 2.75) is 12.5 Å². The normalized spacial score (nSPS) is 45.4. The van der Waals surface area contributed by atoms with Crippen LogP contribution in [-0.2, 0) is 9.53 Å². The first kappa shape index (κ1) is 8.68. The predicted molar refractivity (Wildman–Crippen MR) is 48.5 cm³/mol. The van der Waals surface area contributed by atoms with Crippen molar-refractivity contribution < 1.29 is 14.6 Å². The quantitative estimate of drug-likeness (QED) is 0.615. The van der Waals surface area contributed by atoms with Crippen molar-refractivity contribution >= 4 is 5.91 Å². The lowest BCUT2D eigenvalue weighted by atomic mass is 10.2. The third-order valence-electron chi connectivity index (χ3n) is 3.71. The maximum Gasteiger partial charge on any atom is 0.226 e. The molecule has 0 radical (unpaired) electrons. The number of aliphatic hydroxyl groups is 1. The number of hydrogen-bond acceptors (Lipinski definition) is 3. The Morgan fingerprint density at radius 1 is 1.36 bits per heavy atom. The van der Waals surface area contributed by atoms with E-state index in [1.54, 1.807) is 0 Å². The molecule has 78 valence electrons. The number of aliphatic hydroxyl groups excluding tert-OH is 1. The number of carbonyl (C=O) groups excluding carboxylic acids is 1. The van der Waals surface area contributed by atoms with E-state index in [1.807, 2.05) is 4.90 Å². The van der Waals surface area contributed by atoms with Crippen LogP contribution in [0, 0.1) is 17.8 Å². The minimum absolute atomic E-state index is 0.217. The molecule has 4 nitrogen and oxygen atoms in total. The summed E-state index contributed by atoms with van der Waals surface area (Å²) in [5, 5.41) is 9.34. The Labute approximate surface area is 82.8 Å². The summed E-state index contributed by atoms with van der Waals surface area (Å²) in [5.41, 5.74) is 0. The summed E-state index contributed by atoms with van der Waals surface area (Å²) in [7, 11) is 0. The monoisotopic (exact) mass is 197 g/mol. The van der Waals surface area contributed by atoms with Gasteiger partial charge >= 0.3 is 0 Å². The minimum atomic E-state index is -0.297. The van der Waals surface area contributed by atoms with Crippen LogP contribution >= 0.6 is 0 Å². The molecule has 3 unspecified atom stereocenters. The van der Waals surface area contributed by atoms with Crippen LogP contribution in [0.25, 0.3) is 0 Å². The van der Waals surface area contributed by atoms with E-state index < -0.39 is 0 Å². The first-order valence-corrected chi connectivity index (χ1v) is 5.32. The topological polar surface area (TPSA) is 49.8 Å². The SMILES string of the molecule is O=C(C1C2COCC21)N1CCC(O)C1. The van der Waals surface area contributed by atoms with E-state index in [1.165, 1.54) is 0 Å². The molecule has 1 N–H and O–H groups in total. The summed E-state index contributed by atoms with van der Waals surface area (Å²) < 4.78 is 5.25. The van der Waals surface area contributed by atoms with E-state index in [2.05, 4.69) is 0 Å². The third-order valence-corrected chi connectivity index (χ3v) is 3.71. The Hall–Kier alpha value is -0.610. The molecule has 1 saturated carbocycles. The van der Waals surface area contributed by atoms with E-state index >= 15 is 0 Å². The summed E-state index contributed by atoms with van der Waals surface area (Å²) in [6, 6.07) is 0. The smallest absolute Gasteiger partial charge is 0.226 e. The van der Waals surface area contributed by atoms with Crippen LogP contribution in [0.4, 0.5) is 0 Å². The van der Waals surface area contributed by atoms with Gasteiger partial charge in [0.15, 0.2) is 0 Å². The number of amides is 1. The number of nitrogens with zero attached hydrogens (tertiary/aromatic N) is 1. The first-order chi connectivity index (χ1) is 6.77. The van der Waals surface area contributed by atoms with Crippen LogP contribution in [0.3, 0.4) is 0 Å². The maximum atomic E-state index is 11.9. The molecule has 2 heterocycles. The van der Waals surface area contributed by atoms with Crippen LogP contribution < -0.4 is 0 Å². The fourth-order valence-electron chi connectivity index (χ4n) is 2.76. The molecule has 2 aliphatic heterocycles. The van der Waals surface area contributed by atoms with Gasteiger partial charge in [-0.15, -0.1) is 0 Å². The second-order valence-corrected chi connectivity index (χ2v) is 4.62. The second-order valence-electron chi connectivity index (χ2n) is 4.62. The second kappa shape index (κ2) is 2.94. The average Bonchev–Trinajstić information content (AvgIpc) is 2.56. The molecule has 3 atom stereocenters. The van der Waals surface area contributed by atoms with Crippen molar-refractivity contribution in [3.8, 4) is 0 Å². The van der Waals surface area contributed by atoms with Crippen molar-refractivity contribution in [1.29, 1.82) is 0 Å². The number of rotatable bonds is 1. The zero-order chi connectivity index (χ0) is 9.71. The largest absolute Gasteiger partial charge is 0.391 e. The highest BCUT2D eigenvalue weighted by molar-refractivity contribution is 5.82. The molecule has 0 aromatic rings. The molecule has 2 saturated heterocycles. The molecule has 0 aromatic carbocycles. The van der Waals surface area contributed by atoms with Crippen molar-refractivity contribution in [2.24, 2.45) is 17.8 Å². The minimum Gasteiger partial charge on any atom is -0.391 e. The summed E-state index contributed by atoms with van der Waals surface area (Å²) in [6.45, 7) is 2.79. The highest BCUT2D eigenvalue weighted by Crippen LogP contribution is 2.51. The Balaban J connectivity index is 1.61. The Kier molecular flexibility index (Phi) is 1.82. The summed E-state index contributed by atoms with van der Waals surface area (Å²) in [6.07, 6.45) is 0.443. The molecule has 3 rings (SSSR count). The zero-order valence-corrected chi connectivity index (χ0v) is 8.06. The van der Waals surface area contributed by atoms with Gasteiger partial charge in [-0.25, -0.2) is 0 Å². The van der Waals surface area contributed by atoms with Crippen molar-refractivity contribution in [2.75, 3.05) is 26.3 Å². The lowest BCUT2D eigenvalue weighted by molar-refractivity contribution is -0.133. The van der Waals surface area contributed by atoms with E-state index in [0.717, 1.165) is 26.2 Å². The number of fused-ring (bicyclic) bond motifs is 1.